The summed E-state index contributed by atoms with van der Waals surface area (Å²) in [7, 11) is 1.51. The van der Waals surface area contributed by atoms with Crippen molar-refractivity contribution in [1.82, 2.24) is 9.78 Å². The minimum absolute atomic E-state index is 0.244. The molecule has 0 saturated heterocycles. The van der Waals surface area contributed by atoms with Crippen LogP contribution in [0, 0.1) is 5.82 Å². The zero-order valence-corrected chi connectivity index (χ0v) is 12.2. The lowest BCUT2D eigenvalue weighted by atomic mass is 10.1. The zero-order valence-electron chi connectivity index (χ0n) is 10.6. The number of hydrogen-bond donors (Lipinski definition) is 1. The van der Waals surface area contributed by atoms with E-state index in [2.05, 4.69) is 21.0 Å². The highest BCUT2D eigenvalue weighted by Gasteiger charge is 2.23. The third kappa shape index (κ3) is 2.50. The molecule has 4 nitrogen and oxygen atoms in total. The highest BCUT2D eigenvalue weighted by Crippen LogP contribution is 2.34. The van der Waals surface area contributed by atoms with Gasteiger partial charge in [0.25, 0.3) is 0 Å². The van der Waals surface area contributed by atoms with Crippen LogP contribution in [0.2, 0.25) is 0 Å². The molecular weight excluding hydrogens is 315 g/mol. The maximum atomic E-state index is 13.5. The summed E-state index contributed by atoms with van der Waals surface area (Å²) >= 11 is 3.15. The van der Waals surface area contributed by atoms with Gasteiger partial charge in [0.1, 0.15) is 17.6 Å². The molecule has 1 atom stereocenters. The molecule has 1 N–H and O–H groups in total. The van der Waals surface area contributed by atoms with Gasteiger partial charge in [-0.1, -0.05) is 12.1 Å². The van der Waals surface area contributed by atoms with Gasteiger partial charge in [-0.15, -0.1) is 0 Å². The van der Waals surface area contributed by atoms with E-state index in [9.17, 15) is 9.50 Å². The first kappa shape index (κ1) is 14.0. The Hall–Kier alpha value is -1.40. The molecule has 0 aliphatic heterocycles. The van der Waals surface area contributed by atoms with E-state index in [1.165, 1.54) is 19.4 Å². The van der Waals surface area contributed by atoms with Crippen molar-refractivity contribution in [2.24, 2.45) is 0 Å². The Balaban J connectivity index is 2.52. The number of aromatic nitrogens is 2. The quantitative estimate of drug-likeness (QED) is 0.938. The number of rotatable bonds is 4. The second-order valence-electron chi connectivity index (χ2n) is 3.96. The fourth-order valence-corrected chi connectivity index (χ4v) is 2.42. The molecule has 0 radical (unpaired) electrons. The average molecular weight is 329 g/mol. The van der Waals surface area contributed by atoms with Crippen molar-refractivity contribution in [2.45, 2.75) is 19.6 Å². The summed E-state index contributed by atoms with van der Waals surface area (Å²) in [6.07, 6.45) is 0.525. The van der Waals surface area contributed by atoms with Crippen LogP contribution in [0.4, 0.5) is 4.39 Å². The monoisotopic (exact) mass is 328 g/mol. The smallest absolute Gasteiger partial charge is 0.163 e. The molecule has 0 bridgehead atoms. The molecule has 0 aliphatic rings. The van der Waals surface area contributed by atoms with Gasteiger partial charge in [0.2, 0.25) is 0 Å². The molecule has 0 spiro atoms. The lowest BCUT2D eigenvalue weighted by Gasteiger charge is -2.16. The van der Waals surface area contributed by atoms with Crippen LogP contribution in [-0.2, 0) is 6.54 Å². The molecule has 1 aromatic heterocycles. The van der Waals surface area contributed by atoms with Crippen molar-refractivity contribution in [3.05, 3.63) is 45.9 Å². The van der Waals surface area contributed by atoms with Gasteiger partial charge >= 0.3 is 0 Å². The summed E-state index contributed by atoms with van der Waals surface area (Å²) in [5, 5.41) is 14.6. The Kier molecular flexibility index (Phi) is 4.21. The number of hydrogen-bond acceptors (Lipinski definition) is 3. The van der Waals surface area contributed by atoms with Crippen LogP contribution >= 0.6 is 15.9 Å². The number of aryl methyl sites for hydroxylation is 1. The minimum atomic E-state index is -1.01. The molecule has 1 heterocycles. The first-order chi connectivity index (χ1) is 9.10. The van der Waals surface area contributed by atoms with E-state index in [-0.39, 0.29) is 4.47 Å². The van der Waals surface area contributed by atoms with Crippen LogP contribution in [0.5, 0.6) is 5.75 Å². The summed E-state index contributed by atoms with van der Waals surface area (Å²) in [4.78, 5) is 0. The Bertz CT molecular complexity index is 565. The van der Waals surface area contributed by atoms with E-state index in [1.54, 1.807) is 16.8 Å². The van der Waals surface area contributed by atoms with E-state index in [0.29, 0.717) is 23.6 Å². The van der Waals surface area contributed by atoms with Crippen molar-refractivity contribution in [3.63, 3.8) is 0 Å². The summed E-state index contributed by atoms with van der Waals surface area (Å²) in [5.41, 5.74) is 0.949. The molecule has 0 fully saturated rings. The zero-order chi connectivity index (χ0) is 14.0. The Morgan fingerprint density at radius 2 is 2.26 bits per heavy atom. The van der Waals surface area contributed by atoms with Crippen LogP contribution in [0.1, 0.15) is 24.3 Å². The Morgan fingerprint density at radius 1 is 1.53 bits per heavy atom. The Morgan fingerprint density at radius 3 is 2.89 bits per heavy atom. The van der Waals surface area contributed by atoms with Crippen LogP contribution in [0.15, 0.2) is 28.9 Å². The van der Waals surface area contributed by atoms with Gasteiger partial charge in [-0.05, 0) is 28.9 Å². The average Bonchev–Trinajstić information content (AvgIpc) is 2.84. The van der Waals surface area contributed by atoms with Crippen molar-refractivity contribution in [3.8, 4) is 5.75 Å². The normalized spacial score (nSPS) is 12.5. The predicted molar refractivity (Wildman–Crippen MR) is 72.6 cm³/mol. The summed E-state index contributed by atoms with van der Waals surface area (Å²) < 4.78 is 20.6. The third-order valence-electron chi connectivity index (χ3n) is 2.90. The number of halogens is 2. The van der Waals surface area contributed by atoms with Crippen LogP contribution in [0.25, 0.3) is 0 Å². The fourth-order valence-electron chi connectivity index (χ4n) is 1.94. The Labute approximate surface area is 118 Å². The van der Waals surface area contributed by atoms with Crippen LogP contribution < -0.4 is 4.74 Å². The van der Waals surface area contributed by atoms with Gasteiger partial charge in [0.15, 0.2) is 5.75 Å². The molecule has 2 rings (SSSR count). The van der Waals surface area contributed by atoms with Gasteiger partial charge in [0.05, 0.1) is 17.8 Å². The van der Waals surface area contributed by atoms with Gasteiger partial charge < -0.3 is 9.84 Å². The molecule has 2 aromatic rings. The van der Waals surface area contributed by atoms with Gasteiger partial charge in [-0.25, -0.2) is 4.39 Å². The molecule has 0 saturated carbocycles. The number of nitrogens with zero attached hydrogens (tertiary/aromatic N) is 2. The van der Waals surface area contributed by atoms with Crippen LogP contribution in [0.3, 0.4) is 0 Å². The molecule has 1 aromatic carbocycles. The van der Waals surface area contributed by atoms with Crippen LogP contribution in [-0.4, -0.2) is 22.0 Å². The third-order valence-corrected chi connectivity index (χ3v) is 3.74. The molecular formula is C13H14BrFN2O2. The number of ether oxygens (including phenoxy) is 1. The SMILES string of the molecule is CCn1ncc(OC)c1C(O)c1cccc(F)c1Br. The molecule has 102 valence electrons. The first-order valence-electron chi connectivity index (χ1n) is 5.81. The van der Waals surface area contributed by atoms with E-state index in [4.69, 9.17) is 4.74 Å². The highest BCUT2D eigenvalue weighted by atomic mass is 79.9. The number of methoxy groups -OCH3 is 1. The van der Waals surface area contributed by atoms with E-state index in [0.717, 1.165) is 0 Å². The lowest BCUT2D eigenvalue weighted by Crippen LogP contribution is -2.11. The van der Waals surface area contributed by atoms with Crippen molar-refractivity contribution in [2.75, 3.05) is 7.11 Å². The summed E-state index contributed by atoms with van der Waals surface area (Å²) in [6, 6.07) is 4.54. The molecule has 0 aliphatic carbocycles. The molecule has 1 unspecified atom stereocenters. The van der Waals surface area contributed by atoms with Crippen molar-refractivity contribution in [1.29, 1.82) is 0 Å². The minimum Gasteiger partial charge on any atom is -0.493 e. The largest absolute Gasteiger partial charge is 0.493 e. The van der Waals surface area contributed by atoms with Gasteiger partial charge in [-0.2, -0.15) is 5.10 Å². The van der Waals surface area contributed by atoms with Crippen molar-refractivity contribution >= 4 is 15.9 Å². The maximum Gasteiger partial charge on any atom is 0.163 e. The van der Waals surface area contributed by atoms with E-state index >= 15 is 0 Å². The predicted octanol–water partition coefficient (Wildman–Crippen LogP) is 2.89. The molecule has 0 amide bonds. The molecule has 19 heavy (non-hydrogen) atoms. The highest BCUT2D eigenvalue weighted by molar-refractivity contribution is 9.10. The topological polar surface area (TPSA) is 47.3 Å². The lowest BCUT2D eigenvalue weighted by molar-refractivity contribution is 0.201. The maximum absolute atomic E-state index is 13.5. The number of aliphatic hydroxyl groups is 1. The van der Waals surface area contributed by atoms with E-state index in [1.807, 2.05) is 6.92 Å². The standard InChI is InChI=1S/C13H14BrFN2O2/c1-3-17-12(10(19-2)7-16-17)13(18)8-5-4-6-9(15)11(8)14/h4-7,13,18H,3H2,1-2H3. The van der Waals surface area contributed by atoms with Gasteiger partial charge in [0, 0.05) is 12.1 Å². The second kappa shape index (κ2) is 5.71. The summed E-state index contributed by atoms with van der Waals surface area (Å²) in [5.74, 6) is 0.0589. The second-order valence-corrected chi connectivity index (χ2v) is 4.75. The number of benzene rings is 1. The molecule has 6 heteroatoms. The van der Waals surface area contributed by atoms with Gasteiger partial charge in [-0.3, -0.25) is 4.68 Å². The van der Waals surface area contributed by atoms with Crippen molar-refractivity contribution < 1.29 is 14.2 Å². The summed E-state index contributed by atoms with van der Waals surface area (Å²) in [6.45, 7) is 2.49. The number of aliphatic hydroxyl groups excluding tert-OH is 1. The fraction of sp³-hybridized carbons (Fsp3) is 0.308. The first-order valence-corrected chi connectivity index (χ1v) is 6.61. The van der Waals surface area contributed by atoms with E-state index < -0.39 is 11.9 Å².